The number of nitrogens with zero attached hydrogens (tertiary/aromatic N) is 2. The van der Waals surface area contributed by atoms with E-state index in [0.717, 1.165) is 11.3 Å². The lowest BCUT2D eigenvalue weighted by Crippen LogP contribution is -2.48. The van der Waals surface area contributed by atoms with E-state index in [2.05, 4.69) is 5.32 Å². The first-order chi connectivity index (χ1) is 14.1. The van der Waals surface area contributed by atoms with Crippen LogP contribution in [0, 0.1) is 6.92 Å². The summed E-state index contributed by atoms with van der Waals surface area (Å²) in [5.74, 6) is -0.350. The van der Waals surface area contributed by atoms with Crippen LogP contribution < -0.4 is 10.2 Å². The number of ether oxygens (including phenoxy) is 1. The van der Waals surface area contributed by atoms with Gasteiger partial charge in [0.2, 0.25) is 10.0 Å². The molecular weight excluding hydrogens is 402 g/mol. The minimum Gasteiger partial charge on any atom is -0.378 e. The average Bonchev–Trinajstić information content (AvgIpc) is 2.68. The number of carbonyl (C=O) groups is 1. The van der Waals surface area contributed by atoms with Crippen molar-refractivity contribution in [2.24, 2.45) is 0 Å². The zero-order valence-electron chi connectivity index (χ0n) is 18.0. The molecule has 2 atom stereocenters. The Bertz CT molecular complexity index is 1030. The first-order valence-electron chi connectivity index (χ1n) is 9.93. The van der Waals surface area contributed by atoms with Gasteiger partial charge in [0.15, 0.2) is 0 Å². The molecule has 1 aliphatic heterocycles. The molecule has 1 heterocycles. The Morgan fingerprint density at radius 1 is 1.10 bits per heavy atom. The van der Waals surface area contributed by atoms with Crippen molar-refractivity contribution in [3.63, 3.8) is 0 Å². The van der Waals surface area contributed by atoms with Crippen molar-refractivity contribution in [2.75, 3.05) is 37.4 Å². The van der Waals surface area contributed by atoms with Crippen LogP contribution in [0.15, 0.2) is 47.4 Å². The highest BCUT2D eigenvalue weighted by atomic mass is 32.2. The molecule has 0 aliphatic carbocycles. The standard InChI is InChI=1S/C22H29N3O4S/c1-15-11-19(24(4)5)9-10-21(15)23-22(26)18-7-6-8-20(12-18)30(27,28)25-13-16(2)29-17(3)14-25/h6-12,16-17H,13-14H2,1-5H3,(H,23,26). The van der Waals surface area contributed by atoms with Gasteiger partial charge in [-0.2, -0.15) is 4.31 Å². The number of amides is 1. The number of sulfonamides is 1. The molecule has 3 rings (SSSR count). The molecule has 2 aromatic carbocycles. The fraction of sp³-hybridized carbons (Fsp3) is 0.409. The predicted molar refractivity (Wildman–Crippen MR) is 119 cm³/mol. The molecule has 2 aromatic rings. The van der Waals surface area contributed by atoms with Crippen molar-refractivity contribution in [1.29, 1.82) is 0 Å². The first-order valence-corrected chi connectivity index (χ1v) is 11.4. The summed E-state index contributed by atoms with van der Waals surface area (Å²) >= 11 is 0. The van der Waals surface area contributed by atoms with Crippen molar-refractivity contribution >= 4 is 27.3 Å². The molecule has 0 bridgehead atoms. The number of rotatable bonds is 5. The third-order valence-electron chi connectivity index (χ3n) is 5.09. The maximum Gasteiger partial charge on any atom is 0.255 e. The Morgan fingerprint density at radius 3 is 2.37 bits per heavy atom. The van der Waals surface area contributed by atoms with Gasteiger partial charge in [-0.1, -0.05) is 6.07 Å². The summed E-state index contributed by atoms with van der Waals surface area (Å²) in [5.41, 5.74) is 2.94. The van der Waals surface area contributed by atoms with Crippen LogP contribution in [0.1, 0.15) is 29.8 Å². The zero-order valence-corrected chi connectivity index (χ0v) is 18.9. The van der Waals surface area contributed by atoms with E-state index in [1.165, 1.54) is 16.4 Å². The van der Waals surface area contributed by atoms with Gasteiger partial charge < -0.3 is 15.0 Å². The number of hydrogen-bond acceptors (Lipinski definition) is 5. The number of nitrogens with one attached hydrogen (secondary N) is 1. The molecule has 1 amide bonds. The predicted octanol–water partition coefficient (Wildman–Crippen LogP) is 3.11. The zero-order chi connectivity index (χ0) is 22.1. The fourth-order valence-electron chi connectivity index (χ4n) is 3.53. The second-order valence-electron chi connectivity index (χ2n) is 7.95. The minimum atomic E-state index is -3.71. The van der Waals surface area contributed by atoms with Crippen LogP contribution in [-0.2, 0) is 14.8 Å². The maximum atomic E-state index is 13.1. The third-order valence-corrected chi connectivity index (χ3v) is 6.92. The number of aryl methyl sites for hydroxylation is 1. The number of carbonyl (C=O) groups excluding carboxylic acids is 1. The summed E-state index contributed by atoms with van der Waals surface area (Å²) < 4.78 is 33.3. The Morgan fingerprint density at radius 2 is 1.77 bits per heavy atom. The average molecular weight is 432 g/mol. The molecule has 0 radical (unpaired) electrons. The topological polar surface area (TPSA) is 79.0 Å². The molecule has 8 heteroatoms. The van der Waals surface area contributed by atoms with Gasteiger partial charge >= 0.3 is 0 Å². The van der Waals surface area contributed by atoms with Gasteiger partial charge in [-0.15, -0.1) is 0 Å². The van der Waals surface area contributed by atoms with Gasteiger partial charge in [-0.25, -0.2) is 8.42 Å². The van der Waals surface area contributed by atoms with Crippen molar-refractivity contribution in [2.45, 2.75) is 37.9 Å². The molecule has 1 saturated heterocycles. The van der Waals surface area contributed by atoms with Gasteiger partial charge in [-0.3, -0.25) is 4.79 Å². The second-order valence-corrected chi connectivity index (χ2v) is 9.89. The highest BCUT2D eigenvalue weighted by molar-refractivity contribution is 7.89. The molecule has 30 heavy (non-hydrogen) atoms. The molecule has 0 saturated carbocycles. The van der Waals surface area contributed by atoms with Crippen LogP contribution in [-0.4, -0.2) is 58.0 Å². The van der Waals surface area contributed by atoms with Crippen LogP contribution in [0.5, 0.6) is 0 Å². The SMILES string of the molecule is Cc1cc(N(C)C)ccc1NC(=O)c1cccc(S(=O)(=O)N2CC(C)OC(C)C2)c1. The van der Waals surface area contributed by atoms with Crippen LogP contribution in [0.3, 0.4) is 0 Å². The number of hydrogen-bond donors (Lipinski definition) is 1. The molecule has 1 N–H and O–H groups in total. The largest absolute Gasteiger partial charge is 0.378 e. The third kappa shape index (κ3) is 4.83. The quantitative estimate of drug-likeness (QED) is 0.787. The Balaban J connectivity index is 1.82. The fourth-order valence-corrected chi connectivity index (χ4v) is 5.17. The van der Waals surface area contributed by atoms with E-state index < -0.39 is 10.0 Å². The Kier molecular flexibility index (Phi) is 6.50. The number of anilines is 2. The van der Waals surface area contributed by atoms with E-state index in [4.69, 9.17) is 4.74 Å². The van der Waals surface area contributed by atoms with E-state index >= 15 is 0 Å². The number of morpholine rings is 1. The van der Waals surface area contributed by atoms with Crippen molar-refractivity contribution in [1.82, 2.24) is 4.31 Å². The van der Waals surface area contributed by atoms with E-state index in [-0.39, 0.29) is 23.0 Å². The molecule has 1 aliphatic rings. The molecule has 162 valence electrons. The normalized spacial score (nSPS) is 20.0. The summed E-state index contributed by atoms with van der Waals surface area (Å²) in [6.45, 7) is 6.21. The second kappa shape index (κ2) is 8.75. The summed E-state index contributed by atoms with van der Waals surface area (Å²) in [7, 11) is 0.194. The van der Waals surface area contributed by atoms with Crippen LogP contribution in [0.2, 0.25) is 0 Å². The van der Waals surface area contributed by atoms with Crippen molar-refractivity contribution in [3.05, 3.63) is 53.6 Å². The summed E-state index contributed by atoms with van der Waals surface area (Å²) in [6.07, 6.45) is -0.355. The molecule has 0 aromatic heterocycles. The van der Waals surface area contributed by atoms with Gasteiger partial charge in [0.25, 0.3) is 5.91 Å². The lowest BCUT2D eigenvalue weighted by Gasteiger charge is -2.34. The van der Waals surface area contributed by atoms with E-state index in [1.807, 2.05) is 58.0 Å². The summed E-state index contributed by atoms with van der Waals surface area (Å²) in [5, 5.41) is 2.88. The maximum absolute atomic E-state index is 13.1. The van der Waals surface area contributed by atoms with Crippen molar-refractivity contribution in [3.8, 4) is 0 Å². The monoisotopic (exact) mass is 431 g/mol. The lowest BCUT2D eigenvalue weighted by molar-refractivity contribution is -0.0440. The van der Waals surface area contributed by atoms with Gasteiger partial charge in [0, 0.05) is 44.1 Å². The highest BCUT2D eigenvalue weighted by Crippen LogP contribution is 2.24. The first kappa shape index (κ1) is 22.3. The molecular formula is C22H29N3O4S. The van der Waals surface area contributed by atoms with E-state index in [1.54, 1.807) is 12.1 Å². The van der Waals surface area contributed by atoms with Crippen LogP contribution in [0.25, 0.3) is 0 Å². The molecule has 2 unspecified atom stereocenters. The smallest absolute Gasteiger partial charge is 0.255 e. The Hall–Kier alpha value is -2.42. The molecule has 1 fully saturated rings. The molecule has 0 spiro atoms. The summed E-state index contributed by atoms with van der Waals surface area (Å²) in [6, 6.07) is 11.9. The van der Waals surface area contributed by atoms with Gasteiger partial charge in [-0.05, 0) is 62.7 Å². The molecule has 7 nitrogen and oxygen atoms in total. The van der Waals surface area contributed by atoms with Crippen LogP contribution >= 0.6 is 0 Å². The number of benzene rings is 2. The highest BCUT2D eigenvalue weighted by Gasteiger charge is 2.32. The van der Waals surface area contributed by atoms with Gasteiger partial charge in [0.1, 0.15) is 0 Å². The Labute approximate surface area is 178 Å². The summed E-state index contributed by atoms with van der Waals surface area (Å²) in [4.78, 5) is 14.9. The minimum absolute atomic E-state index is 0.108. The van der Waals surface area contributed by atoms with Crippen molar-refractivity contribution < 1.29 is 17.9 Å². The lowest BCUT2D eigenvalue weighted by atomic mass is 10.1. The van der Waals surface area contributed by atoms with Gasteiger partial charge in [0.05, 0.1) is 17.1 Å². The van der Waals surface area contributed by atoms with E-state index in [9.17, 15) is 13.2 Å². The van der Waals surface area contributed by atoms with Crippen LogP contribution in [0.4, 0.5) is 11.4 Å². The van der Waals surface area contributed by atoms with E-state index in [0.29, 0.717) is 24.3 Å².